The number of benzene rings is 2. The summed E-state index contributed by atoms with van der Waals surface area (Å²) in [5.74, 6) is -0.934. The SMILES string of the molecule is CC(C)(CC(=O)Nc1ccc(CC(=O)O)cc1)c1ccccc1. The largest absolute Gasteiger partial charge is 0.481 e. The topological polar surface area (TPSA) is 66.4 Å². The van der Waals surface area contributed by atoms with Crippen molar-refractivity contribution in [2.75, 3.05) is 5.32 Å². The van der Waals surface area contributed by atoms with Gasteiger partial charge in [-0.3, -0.25) is 9.59 Å². The molecule has 0 radical (unpaired) electrons. The molecular formula is C19H21NO3. The zero-order chi connectivity index (χ0) is 16.9. The predicted octanol–water partition coefficient (Wildman–Crippen LogP) is 3.62. The summed E-state index contributed by atoms with van der Waals surface area (Å²) in [4.78, 5) is 22.9. The summed E-state index contributed by atoms with van der Waals surface area (Å²) < 4.78 is 0. The van der Waals surface area contributed by atoms with E-state index in [0.29, 0.717) is 17.7 Å². The Bertz CT molecular complexity index is 676. The highest BCUT2D eigenvalue weighted by Gasteiger charge is 2.24. The Kier molecular flexibility index (Phi) is 5.16. The standard InChI is InChI=1S/C19H21NO3/c1-19(2,15-6-4-3-5-7-15)13-17(21)20-16-10-8-14(9-11-16)12-18(22)23/h3-11H,12-13H2,1-2H3,(H,20,21)(H,22,23). The average molecular weight is 311 g/mol. The number of carboxylic acids is 1. The molecule has 23 heavy (non-hydrogen) atoms. The third-order valence-electron chi connectivity index (χ3n) is 3.75. The minimum atomic E-state index is -0.869. The van der Waals surface area contributed by atoms with Crippen LogP contribution in [0.3, 0.4) is 0 Å². The van der Waals surface area contributed by atoms with Crippen molar-refractivity contribution >= 4 is 17.6 Å². The first-order valence-corrected chi connectivity index (χ1v) is 7.53. The Hall–Kier alpha value is -2.62. The fourth-order valence-electron chi connectivity index (χ4n) is 2.48. The van der Waals surface area contributed by atoms with Crippen LogP contribution >= 0.6 is 0 Å². The van der Waals surface area contributed by atoms with Gasteiger partial charge in [0.15, 0.2) is 0 Å². The maximum Gasteiger partial charge on any atom is 0.307 e. The van der Waals surface area contributed by atoms with Crippen LogP contribution in [0.5, 0.6) is 0 Å². The Labute approximate surface area is 136 Å². The highest BCUT2D eigenvalue weighted by molar-refractivity contribution is 5.91. The third kappa shape index (κ3) is 4.95. The van der Waals surface area contributed by atoms with E-state index >= 15 is 0 Å². The number of rotatable bonds is 6. The van der Waals surface area contributed by atoms with Gasteiger partial charge in [-0.05, 0) is 28.7 Å². The second-order valence-corrected chi connectivity index (χ2v) is 6.24. The normalized spacial score (nSPS) is 11.0. The Morgan fingerprint density at radius 3 is 2.17 bits per heavy atom. The maximum absolute atomic E-state index is 12.3. The molecule has 1 amide bonds. The van der Waals surface area contributed by atoms with E-state index in [1.165, 1.54) is 0 Å². The lowest BCUT2D eigenvalue weighted by Crippen LogP contribution is -2.25. The number of amides is 1. The molecule has 0 heterocycles. The van der Waals surface area contributed by atoms with E-state index < -0.39 is 5.97 Å². The molecule has 2 rings (SSSR count). The van der Waals surface area contributed by atoms with Crippen molar-refractivity contribution in [2.24, 2.45) is 0 Å². The number of hydrogen-bond acceptors (Lipinski definition) is 2. The molecule has 4 heteroatoms. The number of carbonyl (C=O) groups excluding carboxylic acids is 1. The van der Waals surface area contributed by atoms with Crippen molar-refractivity contribution in [3.8, 4) is 0 Å². The second kappa shape index (κ2) is 7.09. The van der Waals surface area contributed by atoms with Crippen LogP contribution in [0.1, 0.15) is 31.4 Å². The molecule has 0 spiro atoms. The molecule has 2 aromatic carbocycles. The highest BCUT2D eigenvalue weighted by Crippen LogP contribution is 2.27. The zero-order valence-corrected chi connectivity index (χ0v) is 13.4. The Morgan fingerprint density at radius 1 is 1.00 bits per heavy atom. The molecule has 0 fully saturated rings. The van der Waals surface area contributed by atoms with Gasteiger partial charge in [-0.15, -0.1) is 0 Å². The molecule has 4 nitrogen and oxygen atoms in total. The lowest BCUT2D eigenvalue weighted by molar-refractivity contribution is -0.136. The average Bonchev–Trinajstić information content (AvgIpc) is 2.49. The number of nitrogens with one attached hydrogen (secondary N) is 1. The van der Waals surface area contributed by atoms with Crippen molar-refractivity contribution in [3.05, 3.63) is 65.7 Å². The quantitative estimate of drug-likeness (QED) is 0.856. The van der Waals surface area contributed by atoms with Crippen molar-refractivity contribution in [2.45, 2.75) is 32.1 Å². The van der Waals surface area contributed by atoms with Gasteiger partial charge in [0.2, 0.25) is 5.91 Å². The number of carbonyl (C=O) groups is 2. The predicted molar refractivity (Wildman–Crippen MR) is 90.5 cm³/mol. The molecule has 0 saturated carbocycles. The van der Waals surface area contributed by atoms with Gasteiger partial charge < -0.3 is 10.4 Å². The molecular weight excluding hydrogens is 290 g/mol. The van der Waals surface area contributed by atoms with E-state index in [1.54, 1.807) is 24.3 Å². The number of carboxylic acid groups (broad SMARTS) is 1. The van der Waals surface area contributed by atoms with Gasteiger partial charge >= 0.3 is 5.97 Å². The second-order valence-electron chi connectivity index (χ2n) is 6.24. The van der Waals surface area contributed by atoms with E-state index in [1.807, 2.05) is 44.2 Å². The molecule has 0 aliphatic rings. The monoisotopic (exact) mass is 311 g/mol. The summed E-state index contributed by atoms with van der Waals surface area (Å²) in [5, 5.41) is 11.6. The van der Waals surface area contributed by atoms with Crippen LogP contribution in [0.15, 0.2) is 54.6 Å². The van der Waals surface area contributed by atoms with E-state index in [4.69, 9.17) is 5.11 Å². The third-order valence-corrected chi connectivity index (χ3v) is 3.75. The van der Waals surface area contributed by atoms with E-state index in [2.05, 4.69) is 5.32 Å². The Balaban J connectivity index is 1.98. The lowest BCUT2D eigenvalue weighted by Gasteiger charge is -2.24. The minimum Gasteiger partial charge on any atom is -0.481 e. The van der Waals surface area contributed by atoms with Crippen LogP contribution in [-0.2, 0) is 21.4 Å². The summed E-state index contributed by atoms with van der Waals surface area (Å²) in [7, 11) is 0. The van der Waals surface area contributed by atoms with Crippen molar-refractivity contribution < 1.29 is 14.7 Å². The molecule has 0 aliphatic carbocycles. The summed E-state index contributed by atoms with van der Waals surface area (Å²) in [6, 6.07) is 16.8. The summed E-state index contributed by atoms with van der Waals surface area (Å²) in [6.45, 7) is 4.08. The van der Waals surface area contributed by atoms with E-state index in [0.717, 1.165) is 5.56 Å². The summed E-state index contributed by atoms with van der Waals surface area (Å²) >= 11 is 0. The number of aliphatic carboxylic acids is 1. The Morgan fingerprint density at radius 2 is 1.61 bits per heavy atom. The van der Waals surface area contributed by atoms with Crippen molar-refractivity contribution in [1.82, 2.24) is 0 Å². The van der Waals surface area contributed by atoms with Crippen LogP contribution in [0.2, 0.25) is 0 Å². The molecule has 0 atom stereocenters. The van der Waals surface area contributed by atoms with Gasteiger partial charge in [0.25, 0.3) is 0 Å². The zero-order valence-electron chi connectivity index (χ0n) is 13.4. The minimum absolute atomic E-state index is 0.0186. The highest BCUT2D eigenvalue weighted by atomic mass is 16.4. The number of hydrogen-bond donors (Lipinski definition) is 2. The van der Waals surface area contributed by atoms with Gasteiger partial charge in [0.1, 0.15) is 0 Å². The van der Waals surface area contributed by atoms with Gasteiger partial charge in [-0.2, -0.15) is 0 Å². The first-order valence-electron chi connectivity index (χ1n) is 7.53. The molecule has 0 aliphatic heterocycles. The molecule has 0 unspecified atom stereocenters. The summed E-state index contributed by atoms with van der Waals surface area (Å²) in [6.07, 6.45) is 0.350. The van der Waals surface area contributed by atoms with Crippen LogP contribution in [0.4, 0.5) is 5.69 Å². The van der Waals surface area contributed by atoms with Crippen LogP contribution in [0.25, 0.3) is 0 Å². The maximum atomic E-state index is 12.3. The first-order chi connectivity index (χ1) is 10.9. The number of anilines is 1. The molecule has 0 aromatic heterocycles. The van der Waals surface area contributed by atoms with Gasteiger partial charge in [-0.25, -0.2) is 0 Å². The van der Waals surface area contributed by atoms with Gasteiger partial charge in [0.05, 0.1) is 6.42 Å². The molecule has 0 bridgehead atoms. The first kappa shape index (κ1) is 16.7. The van der Waals surface area contributed by atoms with Crippen LogP contribution in [-0.4, -0.2) is 17.0 Å². The molecule has 0 saturated heterocycles. The van der Waals surface area contributed by atoms with Crippen LogP contribution < -0.4 is 5.32 Å². The van der Waals surface area contributed by atoms with E-state index in [9.17, 15) is 9.59 Å². The molecule has 120 valence electrons. The summed E-state index contributed by atoms with van der Waals surface area (Å²) in [5.41, 5.74) is 2.24. The molecule has 2 aromatic rings. The van der Waals surface area contributed by atoms with Crippen molar-refractivity contribution in [1.29, 1.82) is 0 Å². The lowest BCUT2D eigenvalue weighted by atomic mass is 9.81. The van der Waals surface area contributed by atoms with Gasteiger partial charge in [-0.1, -0.05) is 56.3 Å². The fourth-order valence-corrected chi connectivity index (χ4v) is 2.48. The smallest absolute Gasteiger partial charge is 0.307 e. The van der Waals surface area contributed by atoms with E-state index in [-0.39, 0.29) is 17.7 Å². The van der Waals surface area contributed by atoms with Crippen LogP contribution in [0, 0.1) is 0 Å². The fraction of sp³-hybridized carbons (Fsp3) is 0.263. The molecule has 2 N–H and O–H groups in total. The van der Waals surface area contributed by atoms with Crippen molar-refractivity contribution in [3.63, 3.8) is 0 Å². The van der Waals surface area contributed by atoms with Gasteiger partial charge in [0, 0.05) is 12.1 Å².